The second kappa shape index (κ2) is 7.89. The first-order valence-corrected chi connectivity index (χ1v) is 6.36. The van der Waals surface area contributed by atoms with E-state index in [0.29, 0.717) is 0 Å². The predicted octanol–water partition coefficient (Wildman–Crippen LogP) is 1.72. The van der Waals surface area contributed by atoms with Crippen LogP contribution in [0.5, 0.6) is 0 Å². The van der Waals surface area contributed by atoms with Gasteiger partial charge in [-0.15, -0.1) is 0 Å². The van der Waals surface area contributed by atoms with E-state index in [9.17, 15) is 9.59 Å². The van der Waals surface area contributed by atoms with Crippen molar-refractivity contribution < 1.29 is 9.59 Å². The minimum absolute atomic E-state index is 0.0862. The zero-order valence-electron chi connectivity index (χ0n) is 11.9. The lowest BCUT2D eigenvalue weighted by atomic mass is 10.1. The van der Waals surface area contributed by atoms with Gasteiger partial charge in [0.1, 0.15) is 0 Å². The Morgan fingerprint density at radius 1 is 1.15 bits per heavy atom. The Kier molecular flexibility index (Phi) is 6.16. The lowest BCUT2D eigenvalue weighted by Crippen LogP contribution is -2.41. The van der Waals surface area contributed by atoms with Crippen molar-refractivity contribution in [1.82, 2.24) is 10.7 Å². The number of rotatable bonds is 4. The second-order valence-electron chi connectivity index (χ2n) is 4.63. The highest BCUT2D eigenvalue weighted by Gasteiger charge is 2.12. The Morgan fingerprint density at radius 2 is 1.80 bits per heavy atom. The number of carbonyl (C=O) groups is 2. The number of carbonyl (C=O) groups excluding carboxylic acids is 2. The van der Waals surface area contributed by atoms with Gasteiger partial charge in [-0.2, -0.15) is 5.10 Å². The number of benzene rings is 1. The number of hydrazone groups is 1. The Balaban J connectivity index is 2.50. The Hall–Kier alpha value is -2.43. The maximum Gasteiger partial charge on any atom is 0.329 e. The van der Waals surface area contributed by atoms with Crippen LogP contribution in [-0.4, -0.2) is 24.1 Å². The van der Waals surface area contributed by atoms with Crippen LogP contribution in [0.4, 0.5) is 0 Å². The summed E-state index contributed by atoms with van der Waals surface area (Å²) in [5.41, 5.74) is 4.09. The van der Waals surface area contributed by atoms with Crippen molar-refractivity contribution in [2.24, 2.45) is 5.10 Å². The highest BCUT2D eigenvalue weighted by molar-refractivity contribution is 6.35. The zero-order chi connectivity index (χ0) is 15.0. The largest absolute Gasteiger partial charge is 0.346 e. The van der Waals surface area contributed by atoms with Crippen LogP contribution in [0, 0.1) is 0 Å². The summed E-state index contributed by atoms with van der Waals surface area (Å²) < 4.78 is 0. The molecule has 5 nitrogen and oxygen atoms in total. The number of hydrogen-bond donors (Lipinski definition) is 2. The van der Waals surface area contributed by atoms with Crippen molar-refractivity contribution in [3.8, 4) is 0 Å². The van der Waals surface area contributed by atoms with Crippen LogP contribution in [0.3, 0.4) is 0 Å². The molecular weight excluding hydrogens is 254 g/mol. The van der Waals surface area contributed by atoms with Gasteiger partial charge >= 0.3 is 11.8 Å². The van der Waals surface area contributed by atoms with E-state index in [1.54, 1.807) is 13.8 Å². The quantitative estimate of drug-likeness (QED) is 0.498. The molecule has 2 amide bonds. The fraction of sp³-hybridized carbons (Fsp3) is 0.267. The van der Waals surface area contributed by atoms with Gasteiger partial charge in [0.05, 0.1) is 6.21 Å². The molecule has 0 radical (unpaired) electrons. The molecule has 1 aromatic rings. The molecule has 0 atom stereocenters. The first-order chi connectivity index (χ1) is 9.49. The SMILES string of the molecule is CC(/C=N\NC(=O)C(=O)NC(C)C)=C\c1ccccc1. The first-order valence-electron chi connectivity index (χ1n) is 6.36. The third-order valence-corrected chi connectivity index (χ3v) is 2.25. The highest BCUT2D eigenvalue weighted by Crippen LogP contribution is 2.04. The fourth-order valence-corrected chi connectivity index (χ4v) is 1.42. The maximum atomic E-state index is 11.4. The molecule has 1 aromatic carbocycles. The van der Waals surface area contributed by atoms with Crippen molar-refractivity contribution in [2.75, 3.05) is 0 Å². The number of amides is 2. The molecule has 0 aliphatic carbocycles. The minimum atomic E-state index is -0.775. The third kappa shape index (κ3) is 5.95. The van der Waals surface area contributed by atoms with Gasteiger partial charge in [0.15, 0.2) is 0 Å². The summed E-state index contributed by atoms with van der Waals surface area (Å²) in [7, 11) is 0. The van der Waals surface area contributed by atoms with Crippen LogP contribution in [-0.2, 0) is 9.59 Å². The lowest BCUT2D eigenvalue weighted by Gasteiger charge is -2.05. The molecule has 0 bridgehead atoms. The van der Waals surface area contributed by atoms with Crippen molar-refractivity contribution >= 4 is 24.1 Å². The smallest absolute Gasteiger partial charge is 0.329 e. The summed E-state index contributed by atoms with van der Waals surface area (Å²) in [5, 5.41) is 6.22. The van der Waals surface area contributed by atoms with E-state index in [1.165, 1.54) is 6.21 Å². The molecule has 0 aliphatic heterocycles. The van der Waals surface area contributed by atoms with Gasteiger partial charge in [-0.3, -0.25) is 9.59 Å². The molecule has 1 rings (SSSR count). The molecule has 0 spiro atoms. The normalized spacial score (nSPS) is 11.7. The molecule has 5 heteroatoms. The van der Waals surface area contributed by atoms with Gasteiger partial charge in [0.2, 0.25) is 0 Å². The van der Waals surface area contributed by atoms with Crippen LogP contribution in [0.2, 0.25) is 0 Å². The third-order valence-electron chi connectivity index (χ3n) is 2.25. The van der Waals surface area contributed by atoms with Gasteiger partial charge in [-0.1, -0.05) is 36.4 Å². The summed E-state index contributed by atoms with van der Waals surface area (Å²) >= 11 is 0. The van der Waals surface area contributed by atoms with Gasteiger partial charge in [0.25, 0.3) is 0 Å². The van der Waals surface area contributed by atoms with Gasteiger partial charge in [-0.25, -0.2) is 5.43 Å². The van der Waals surface area contributed by atoms with Crippen LogP contribution in [0.1, 0.15) is 26.3 Å². The average Bonchev–Trinajstić information content (AvgIpc) is 2.38. The average molecular weight is 273 g/mol. The summed E-state index contributed by atoms with van der Waals surface area (Å²) in [4.78, 5) is 22.7. The topological polar surface area (TPSA) is 70.6 Å². The second-order valence-corrected chi connectivity index (χ2v) is 4.63. The van der Waals surface area contributed by atoms with Crippen molar-refractivity contribution in [2.45, 2.75) is 26.8 Å². The lowest BCUT2D eigenvalue weighted by molar-refractivity contribution is -0.139. The molecule has 0 unspecified atom stereocenters. The van der Waals surface area contributed by atoms with E-state index < -0.39 is 11.8 Å². The zero-order valence-corrected chi connectivity index (χ0v) is 11.9. The van der Waals surface area contributed by atoms with Crippen molar-refractivity contribution in [3.05, 3.63) is 41.5 Å². The van der Waals surface area contributed by atoms with Crippen molar-refractivity contribution in [1.29, 1.82) is 0 Å². The van der Waals surface area contributed by atoms with Crippen molar-refractivity contribution in [3.63, 3.8) is 0 Å². The number of nitrogens with zero attached hydrogens (tertiary/aromatic N) is 1. The van der Waals surface area contributed by atoms with E-state index in [0.717, 1.165) is 11.1 Å². The molecule has 2 N–H and O–H groups in total. The molecule has 0 heterocycles. The van der Waals surface area contributed by atoms with Gasteiger partial charge in [-0.05, 0) is 31.9 Å². The number of hydrogen-bond acceptors (Lipinski definition) is 3. The molecular formula is C15H19N3O2. The molecule has 0 saturated carbocycles. The maximum absolute atomic E-state index is 11.4. The molecule has 20 heavy (non-hydrogen) atoms. The first kappa shape index (κ1) is 15.6. The summed E-state index contributed by atoms with van der Waals surface area (Å²) in [6.07, 6.45) is 3.41. The molecule has 0 saturated heterocycles. The van der Waals surface area contributed by atoms with Crippen LogP contribution < -0.4 is 10.7 Å². The molecule has 0 aromatic heterocycles. The minimum Gasteiger partial charge on any atom is -0.346 e. The Morgan fingerprint density at radius 3 is 2.40 bits per heavy atom. The van der Waals surface area contributed by atoms with Crippen LogP contribution in [0.15, 0.2) is 41.0 Å². The summed E-state index contributed by atoms with van der Waals surface area (Å²) in [6, 6.07) is 9.66. The van der Waals surface area contributed by atoms with E-state index >= 15 is 0 Å². The van der Waals surface area contributed by atoms with E-state index in [-0.39, 0.29) is 6.04 Å². The number of allylic oxidation sites excluding steroid dienone is 1. The van der Waals surface area contributed by atoms with E-state index in [2.05, 4.69) is 15.8 Å². The predicted molar refractivity (Wildman–Crippen MR) is 80.0 cm³/mol. The van der Waals surface area contributed by atoms with Crippen LogP contribution >= 0.6 is 0 Å². The Labute approximate surface area is 118 Å². The standard InChI is InChI=1S/C15H19N3O2/c1-11(2)17-14(19)15(20)18-16-10-12(3)9-13-7-5-4-6-8-13/h4-11H,1-3H3,(H,17,19)(H,18,20)/b12-9+,16-10-. The summed E-state index contributed by atoms with van der Waals surface area (Å²) in [5.74, 6) is -1.47. The molecule has 0 aliphatic rings. The van der Waals surface area contributed by atoms with E-state index in [1.807, 2.05) is 43.3 Å². The molecule has 0 fully saturated rings. The van der Waals surface area contributed by atoms with Crippen LogP contribution in [0.25, 0.3) is 6.08 Å². The summed E-state index contributed by atoms with van der Waals surface area (Å²) in [6.45, 7) is 5.42. The Bertz CT molecular complexity index is 519. The van der Waals surface area contributed by atoms with E-state index in [4.69, 9.17) is 0 Å². The molecule has 106 valence electrons. The number of nitrogens with one attached hydrogen (secondary N) is 2. The van der Waals surface area contributed by atoms with Gasteiger partial charge < -0.3 is 5.32 Å². The fourth-order valence-electron chi connectivity index (χ4n) is 1.42. The highest BCUT2D eigenvalue weighted by atomic mass is 16.2. The monoisotopic (exact) mass is 273 g/mol. The van der Waals surface area contributed by atoms with Gasteiger partial charge in [0, 0.05) is 6.04 Å².